The smallest absolute Gasteiger partial charge is 0.268 e. The summed E-state index contributed by atoms with van der Waals surface area (Å²) in [4.78, 5) is 25.7. The van der Waals surface area contributed by atoms with E-state index in [1.165, 1.54) is 7.05 Å². The van der Waals surface area contributed by atoms with Gasteiger partial charge in [0.15, 0.2) is 0 Å². The van der Waals surface area contributed by atoms with E-state index in [2.05, 4.69) is 17.2 Å². The monoisotopic (exact) mass is 156 g/mol. The van der Waals surface area contributed by atoms with Gasteiger partial charge in [0.25, 0.3) is 5.91 Å². The molecule has 52 valence electrons. The van der Waals surface area contributed by atoms with Crippen LogP contribution in [0, 0.1) is 0 Å². The molecule has 0 fully saturated rings. The van der Waals surface area contributed by atoms with Crippen LogP contribution in [-0.4, -0.2) is 35.0 Å². The minimum absolute atomic E-state index is 0.0714. The Hall–Kier alpha value is -1.10. The number of thiocarbonyl (C=S) groups is 1. The molecule has 0 radical (unpaired) electrons. The summed E-state index contributed by atoms with van der Waals surface area (Å²) in [7, 11) is 1.34. The summed E-state index contributed by atoms with van der Waals surface area (Å²) in [6.07, 6.45) is 1.10. The Bertz CT molecular complexity index is 246. The lowest BCUT2D eigenvalue weighted by Crippen LogP contribution is -2.39. The standard InChI is InChI=1S/C5H4N2O2S/c1-7-4(8)3(10)2-6-5(7)9/h2H,1H3. The van der Waals surface area contributed by atoms with Gasteiger partial charge in [-0.15, -0.1) is 0 Å². The quantitative estimate of drug-likeness (QED) is 0.464. The van der Waals surface area contributed by atoms with E-state index < -0.39 is 11.9 Å². The van der Waals surface area contributed by atoms with Gasteiger partial charge >= 0.3 is 6.03 Å². The fraction of sp³-hybridized carbons (Fsp3) is 0.200. The first-order valence-electron chi connectivity index (χ1n) is 2.53. The van der Waals surface area contributed by atoms with Crippen LogP contribution < -0.4 is 0 Å². The average Bonchev–Trinajstić information content (AvgIpc) is 1.93. The number of nitrogens with zero attached hydrogens (tertiary/aromatic N) is 2. The highest BCUT2D eigenvalue weighted by Gasteiger charge is 2.22. The summed E-state index contributed by atoms with van der Waals surface area (Å²) in [5.41, 5.74) is 0. The van der Waals surface area contributed by atoms with Gasteiger partial charge in [-0.05, 0) is 0 Å². The van der Waals surface area contributed by atoms with E-state index >= 15 is 0 Å². The Morgan fingerprint density at radius 3 is 2.70 bits per heavy atom. The van der Waals surface area contributed by atoms with E-state index in [9.17, 15) is 9.59 Å². The van der Waals surface area contributed by atoms with E-state index in [-0.39, 0.29) is 4.86 Å². The first kappa shape index (κ1) is 7.01. The van der Waals surface area contributed by atoms with Crippen molar-refractivity contribution in [3.8, 4) is 0 Å². The fourth-order valence-corrected chi connectivity index (χ4v) is 0.697. The fourth-order valence-electron chi connectivity index (χ4n) is 0.508. The summed E-state index contributed by atoms with van der Waals surface area (Å²) in [6.45, 7) is 0. The predicted octanol–water partition coefficient (Wildman–Crippen LogP) is 0.0191. The summed E-state index contributed by atoms with van der Waals surface area (Å²) in [5.74, 6) is -0.463. The highest BCUT2D eigenvalue weighted by Crippen LogP contribution is 1.97. The largest absolute Gasteiger partial charge is 0.350 e. The van der Waals surface area contributed by atoms with Crippen molar-refractivity contribution in [3.63, 3.8) is 0 Å². The normalized spacial score (nSPS) is 18.5. The van der Waals surface area contributed by atoms with Gasteiger partial charge in [-0.1, -0.05) is 12.2 Å². The summed E-state index contributed by atoms with van der Waals surface area (Å²) < 4.78 is 0. The van der Waals surface area contributed by atoms with Crippen molar-refractivity contribution in [2.45, 2.75) is 0 Å². The van der Waals surface area contributed by atoms with Crippen LogP contribution in [0.5, 0.6) is 0 Å². The number of rotatable bonds is 0. The number of aliphatic imine (C=N–C) groups is 1. The molecule has 0 aromatic carbocycles. The molecular formula is C5H4N2O2S. The highest BCUT2D eigenvalue weighted by atomic mass is 32.1. The molecule has 0 atom stereocenters. The van der Waals surface area contributed by atoms with Gasteiger partial charge in [0.1, 0.15) is 4.86 Å². The highest BCUT2D eigenvalue weighted by molar-refractivity contribution is 7.83. The lowest BCUT2D eigenvalue weighted by molar-refractivity contribution is -0.120. The van der Waals surface area contributed by atoms with Crippen molar-refractivity contribution in [2.24, 2.45) is 4.99 Å². The number of carbonyl (C=O) groups is 2. The molecule has 1 aliphatic heterocycles. The SMILES string of the molecule is CN1C(=O)N=CC(=S)C1=O. The maximum atomic E-state index is 10.8. The van der Waals surface area contributed by atoms with Crippen molar-refractivity contribution in [1.29, 1.82) is 0 Å². The van der Waals surface area contributed by atoms with Crippen molar-refractivity contribution in [1.82, 2.24) is 4.90 Å². The third kappa shape index (κ3) is 0.950. The molecule has 0 bridgehead atoms. The van der Waals surface area contributed by atoms with E-state index in [1.807, 2.05) is 0 Å². The maximum Gasteiger partial charge on any atom is 0.350 e. The molecule has 0 aromatic rings. The van der Waals surface area contributed by atoms with Gasteiger partial charge in [0.05, 0.1) is 6.21 Å². The zero-order valence-electron chi connectivity index (χ0n) is 5.20. The second-order valence-corrected chi connectivity index (χ2v) is 2.21. The zero-order valence-corrected chi connectivity index (χ0v) is 6.01. The molecule has 0 spiro atoms. The summed E-state index contributed by atoms with van der Waals surface area (Å²) in [5, 5.41) is 0. The molecule has 5 heteroatoms. The Morgan fingerprint density at radius 2 is 2.20 bits per heavy atom. The van der Waals surface area contributed by atoms with Gasteiger partial charge < -0.3 is 0 Å². The lowest BCUT2D eigenvalue weighted by atomic mass is 10.4. The third-order valence-electron chi connectivity index (χ3n) is 1.09. The van der Waals surface area contributed by atoms with E-state index in [0.29, 0.717) is 0 Å². The molecule has 1 rings (SSSR count). The van der Waals surface area contributed by atoms with Gasteiger partial charge in [0.2, 0.25) is 0 Å². The predicted molar refractivity (Wildman–Crippen MR) is 39.3 cm³/mol. The average molecular weight is 156 g/mol. The minimum atomic E-state index is -0.571. The molecule has 0 unspecified atom stereocenters. The molecule has 3 amide bonds. The molecule has 10 heavy (non-hydrogen) atoms. The summed E-state index contributed by atoms with van der Waals surface area (Å²) >= 11 is 4.57. The Labute approximate surface area is 62.5 Å². The minimum Gasteiger partial charge on any atom is -0.268 e. The van der Waals surface area contributed by atoms with Gasteiger partial charge in [-0.3, -0.25) is 9.69 Å². The van der Waals surface area contributed by atoms with Crippen LogP contribution in [0.3, 0.4) is 0 Å². The van der Waals surface area contributed by atoms with E-state index in [4.69, 9.17) is 0 Å². The van der Waals surface area contributed by atoms with Crippen LogP contribution in [0.25, 0.3) is 0 Å². The number of imide groups is 1. The molecule has 1 heterocycles. The first-order chi connectivity index (χ1) is 4.63. The number of hydrogen-bond acceptors (Lipinski definition) is 3. The van der Waals surface area contributed by atoms with Crippen LogP contribution in [0.4, 0.5) is 4.79 Å². The Balaban J connectivity index is 3.00. The van der Waals surface area contributed by atoms with Gasteiger partial charge in [-0.2, -0.15) is 4.99 Å². The van der Waals surface area contributed by atoms with Crippen molar-refractivity contribution in [2.75, 3.05) is 7.05 Å². The van der Waals surface area contributed by atoms with E-state index in [0.717, 1.165) is 11.1 Å². The molecule has 4 nitrogen and oxygen atoms in total. The Kier molecular flexibility index (Phi) is 1.58. The molecule has 0 aromatic heterocycles. The maximum absolute atomic E-state index is 10.8. The number of amides is 3. The second kappa shape index (κ2) is 2.26. The molecule has 0 saturated heterocycles. The molecule has 0 aliphatic carbocycles. The lowest BCUT2D eigenvalue weighted by Gasteiger charge is -2.14. The number of hydrogen-bond donors (Lipinski definition) is 0. The van der Waals surface area contributed by atoms with Crippen molar-refractivity contribution >= 4 is 35.2 Å². The van der Waals surface area contributed by atoms with Gasteiger partial charge in [0, 0.05) is 7.05 Å². The molecule has 0 saturated carbocycles. The Morgan fingerprint density at radius 1 is 1.60 bits per heavy atom. The van der Waals surface area contributed by atoms with Crippen LogP contribution in [0.2, 0.25) is 0 Å². The molecule has 1 aliphatic rings. The van der Waals surface area contributed by atoms with Crippen LogP contribution in [0.15, 0.2) is 4.99 Å². The first-order valence-corrected chi connectivity index (χ1v) is 2.94. The van der Waals surface area contributed by atoms with Crippen LogP contribution in [0.1, 0.15) is 0 Å². The number of carbonyl (C=O) groups excluding carboxylic acids is 2. The molecular weight excluding hydrogens is 152 g/mol. The van der Waals surface area contributed by atoms with Crippen molar-refractivity contribution in [3.05, 3.63) is 0 Å². The second-order valence-electron chi connectivity index (χ2n) is 1.77. The van der Waals surface area contributed by atoms with Crippen LogP contribution >= 0.6 is 12.2 Å². The number of urea groups is 1. The summed E-state index contributed by atoms with van der Waals surface area (Å²) in [6, 6.07) is -0.571. The van der Waals surface area contributed by atoms with Gasteiger partial charge in [-0.25, -0.2) is 4.79 Å². The van der Waals surface area contributed by atoms with E-state index in [1.54, 1.807) is 0 Å². The van der Waals surface area contributed by atoms with Crippen molar-refractivity contribution < 1.29 is 9.59 Å². The third-order valence-corrected chi connectivity index (χ3v) is 1.37. The topological polar surface area (TPSA) is 49.7 Å². The zero-order chi connectivity index (χ0) is 7.72. The van der Waals surface area contributed by atoms with Crippen LogP contribution in [-0.2, 0) is 4.79 Å². The molecule has 0 N–H and O–H groups in total.